The molecule has 10 heteroatoms. The number of carbonyl (C=O) groups excluding carboxylic acids is 2. The first-order valence-electron chi connectivity index (χ1n) is 3.81. The van der Waals surface area contributed by atoms with Crippen LogP contribution in [0.15, 0.2) is 0 Å². The average molecular weight is 268 g/mol. The van der Waals surface area contributed by atoms with Gasteiger partial charge in [-0.1, -0.05) is 0 Å². The molecule has 100 valence electrons. The normalized spacial score (nSPS) is 19.1. The molecule has 0 heterocycles. The van der Waals surface area contributed by atoms with Crippen LogP contribution in [0, 0.1) is 0 Å². The minimum absolute atomic E-state index is 0.127. The van der Waals surface area contributed by atoms with Gasteiger partial charge < -0.3 is 4.74 Å². The van der Waals surface area contributed by atoms with Crippen LogP contribution in [0.2, 0.25) is 0 Å². The van der Waals surface area contributed by atoms with Crippen LogP contribution >= 0.6 is 0 Å². The van der Waals surface area contributed by atoms with E-state index in [9.17, 15) is 35.9 Å². The summed E-state index contributed by atoms with van der Waals surface area (Å²) in [5.74, 6) is -12.2. The molecule has 0 spiro atoms. The van der Waals surface area contributed by atoms with Crippen molar-refractivity contribution in [2.24, 2.45) is 0 Å². The summed E-state index contributed by atoms with van der Waals surface area (Å²) in [7, 11) is 0.360. The minimum Gasteiger partial charge on any atom is -0.465 e. The summed E-state index contributed by atoms with van der Waals surface area (Å²) in [5, 5.41) is 0. The van der Waals surface area contributed by atoms with E-state index >= 15 is 0 Å². The highest BCUT2D eigenvalue weighted by Gasteiger charge is 2.68. The van der Waals surface area contributed by atoms with E-state index < -0.39 is 29.9 Å². The van der Waals surface area contributed by atoms with Crippen LogP contribution in [0.3, 0.4) is 0 Å². The lowest BCUT2D eigenvalue weighted by Crippen LogP contribution is -2.56. The Bertz CT molecular complexity index is 325. The summed E-state index contributed by atoms with van der Waals surface area (Å²) in [6.45, 7) is -0.127. The van der Waals surface area contributed by atoms with Gasteiger partial charge in [0.05, 0.1) is 7.11 Å². The second-order valence-electron chi connectivity index (χ2n) is 2.88. The molecule has 0 rings (SSSR count). The van der Waals surface area contributed by atoms with Gasteiger partial charge in [0.15, 0.2) is 0 Å². The number of rotatable bonds is 4. The molecule has 0 saturated heterocycles. The number of hydrogen-bond donors (Lipinski definition) is 0. The quantitative estimate of drug-likeness (QED) is 0.441. The van der Waals surface area contributed by atoms with E-state index in [1.807, 2.05) is 0 Å². The Labute approximate surface area is 90.5 Å². The van der Waals surface area contributed by atoms with E-state index in [0.29, 0.717) is 7.11 Å². The fourth-order valence-corrected chi connectivity index (χ4v) is 0.651. The molecule has 0 aliphatic rings. The van der Waals surface area contributed by atoms with E-state index in [1.54, 1.807) is 0 Å². The van der Waals surface area contributed by atoms with Crippen LogP contribution < -0.4 is 0 Å². The molecular formula is C7H6F6O4. The molecule has 2 atom stereocenters. The van der Waals surface area contributed by atoms with Crippen LogP contribution in [0.1, 0.15) is 6.92 Å². The molecule has 4 nitrogen and oxygen atoms in total. The highest BCUT2D eigenvalue weighted by atomic mass is 19.4. The Hall–Kier alpha value is -1.32. The summed E-state index contributed by atoms with van der Waals surface area (Å²) in [5.41, 5.74) is 0. The molecule has 0 N–H and O–H groups in total. The van der Waals surface area contributed by atoms with Crippen molar-refractivity contribution >= 4 is 12.0 Å². The second kappa shape index (κ2) is 4.51. The van der Waals surface area contributed by atoms with Gasteiger partial charge in [-0.2, -0.15) is 22.0 Å². The highest BCUT2D eigenvalue weighted by molar-refractivity contribution is 5.80. The van der Waals surface area contributed by atoms with E-state index in [4.69, 9.17) is 0 Å². The molecule has 17 heavy (non-hydrogen) atoms. The zero-order chi connectivity index (χ0) is 14.1. The van der Waals surface area contributed by atoms with Gasteiger partial charge >= 0.3 is 29.9 Å². The number of methoxy groups -OCH3 is 1. The average Bonchev–Trinajstić information content (AvgIpc) is 2.13. The van der Waals surface area contributed by atoms with Crippen LogP contribution in [0.25, 0.3) is 0 Å². The first kappa shape index (κ1) is 15.7. The largest absolute Gasteiger partial charge is 0.465 e. The SMILES string of the molecule is COC(=O)C(F)(OC(C)(F)C(=O)F)C(F)(F)F. The number of halogens is 6. The number of esters is 1. The van der Waals surface area contributed by atoms with Crippen molar-refractivity contribution in [3.05, 3.63) is 0 Å². The predicted molar refractivity (Wildman–Crippen MR) is 38.6 cm³/mol. The lowest BCUT2D eigenvalue weighted by Gasteiger charge is -2.28. The zero-order valence-electron chi connectivity index (χ0n) is 8.40. The van der Waals surface area contributed by atoms with Crippen molar-refractivity contribution < 1.29 is 45.4 Å². The summed E-state index contributed by atoms with van der Waals surface area (Å²) in [4.78, 5) is 20.5. The third-order valence-corrected chi connectivity index (χ3v) is 1.50. The molecule has 0 saturated carbocycles. The molecule has 0 aliphatic carbocycles. The molecule has 0 bridgehead atoms. The van der Waals surface area contributed by atoms with Crippen molar-refractivity contribution in [3.8, 4) is 0 Å². The number of hydrogen-bond acceptors (Lipinski definition) is 4. The second-order valence-corrected chi connectivity index (χ2v) is 2.88. The third-order valence-electron chi connectivity index (χ3n) is 1.50. The van der Waals surface area contributed by atoms with E-state index in [-0.39, 0.29) is 6.92 Å². The number of ether oxygens (including phenoxy) is 2. The van der Waals surface area contributed by atoms with Gasteiger partial charge in [0.2, 0.25) is 0 Å². The molecular weight excluding hydrogens is 262 g/mol. The van der Waals surface area contributed by atoms with Crippen LogP contribution in [-0.2, 0) is 19.1 Å². The molecule has 0 aromatic carbocycles. The van der Waals surface area contributed by atoms with Crippen molar-refractivity contribution in [1.82, 2.24) is 0 Å². The van der Waals surface area contributed by atoms with Gasteiger partial charge in [-0.05, 0) is 0 Å². The van der Waals surface area contributed by atoms with Gasteiger partial charge in [0.1, 0.15) is 0 Å². The first-order valence-corrected chi connectivity index (χ1v) is 3.81. The first-order chi connectivity index (χ1) is 7.38. The number of carbonyl (C=O) groups is 2. The maximum atomic E-state index is 13.2. The zero-order valence-corrected chi connectivity index (χ0v) is 8.40. The van der Waals surface area contributed by atoms with Crippen LogP contribution in [-0.4, -0.2) is 37.0 Å². The summed E-state index contributed by atoms with van der Waals surface area (Å²) < 4.78 is 80.7. The molecule has 0 amide bonds. The maximum Gasteiger partial charge on any atom is 0.460 e. The van der Waals surface area contributed by atoms with Gasteiger partial charge in [0, 0.05) is 6.92 Å². The lowest BCUT2D eigenvalue weighted by molar-refractivity contribution is -0.360. The van der Waals surface area contributed by atoms with Gasteiger partial charge in [-0.15, -0.1) is 0 Å². The third kappa shape index (κ3) is 3.08. The fourth-order valence-electron chi connectivity index (χ4n) is 0.651. The summed E-state index contributed by atoms with van der Waals surface area (Å²) in [6.07, 6.45) is -6.05. The highest BCUT2D eigenvalue weighted by Crippen LogP contribution is 2.39. The fraction of sp³-hybridized carbons (Fsp3) is 0.714. The molecule has 0 aliphatic heterocycles. The van der Waals surface area contributed by atoms with Crippen molar-refractivity contribution in [2.75, 3.05) is 7.11 Å². The van der Waals surface area contributed by atoms with Crippen LogP contribution in [0.5, 0.6) is 0 Å². The van der Waals surface area contributed by atoms with Crippen molar-refractivity contribution in [2.45, 2.75) is 24.8 Å². The van der Waals surface area contributed by atoms with Gasteiger partial charge in [-0.25, -0.2) is 9.18 Å². The van der Waals surface area contributed by atoms with Gasteiger partial charge in [-0.3, -0.25) is 9.53 Å². The Balaban J connectivity index is 5.39. The smallest absolute Gasteiger partial charge is 0.460 e. The summed E-state index contributed by atoms with van der Waals surface area (Å²) >= 11 is 0. The Morgan fingerprint density at radius 1 is 1.06 bits per heavy atom. The molecule has 0 fully saturated rings. The molecule has 0 aromatic rings. The van der Waals surface area contributed by atoms with Crippen molar-refractivity contribution in [3.63, 3.8) is 0 Å². The van der Waals surface area contributed by atoms with E-state index in [0.717, 1.165) is 0 Å². The molecule has 0 aromatic heterocycles. The number of alkyl halides is 5. The van der Waals surface area contributed by atoms with Gasteiger partial charge in [0.25, 0.3) is 0 Å². The van der Waals surface area contributed by atoms with Crippen LogP contribution in [0.4, 0.5) is 26.3 Å². The van der Waals surface area contributed by atoms with E-state index in [2.05, 4.69) is 9.47 Å². The maximum absolute atomic E-state index is 13.2. The standard InChI is InChI=1S/C7H6F6O4/c1-5(9,3(8)14)17-6(10,4(15)16-2)7(11,12)13/h1-2H3. The molecule has 0 radical (unpaired) electrons. The summed E-state index contributed by atoms with van der Waals surface area (Å²) in [6, 6.07) is -3.03. The predicted octanol–water partition coefficient (Wildman–Crippen LogP) is 1.59. The minimum atomic E-state index is -6.05. The van der Waals surface area contributed by atoms with E-state index in [1.165, 1.54) is 0 Å². The monoisotopic (exact) mass is 268 g/mol. The Kier molecular flexibility index (Phi) is 4.16. The Morgan fingerprint density at radius 2 is 1.47 bits per heavy atom. The van der Waals surface area contributed by atoms with Crippen molar-refractivity contribution in [1.29, 1.82) is 0 Å². The lowest BCUT2D eigenvalue weighted by atomic mass is 10.2. The Morgan fingerprint density at radius 3 is 1.71 bits per heavy atom. The topological polar surface area (TPSA) is 52.6 Å². The molecule has 2 unspecified atom stereocenters.